The van der Waals surface area contributed by atoms with Gasteiger partial charge in [-0.25, -0.2) is 35.9 Å². The molecular weight excluding hydrogens is 545 g/mol. The molecule has 0 aliphatic rings. The average molecular weight is 570 g/mol. The number of nitrogens with one attached hydrogen (secondary N) is 2. The van der Waals surface area contributed by atoms with Crippen LogP contribution in [0, 0.1) is 19.7 Å². The number of aromatic nitrogens is 2. The Hall–Kier alpha value is -4.36. The fraction of sp³-hybridized carbons (Fsp3) is 0.115. The third-order valence-corrected chi connectivity index (χ3v) is 8.60. The molecule has 1 aromatic heterocycles. The molecule has 202 valence electrons. The van der Waals surface area contributed by atoms with Crippen molar-refractivity contribution in [2.45, 2.75) is 23.6 Å². The highest BCUT2D eigenvalue weighted by Gasteiger charge is 2.29. The van der Waals surface area contributed by atoms with Crippen LogP contribution >= 0.6 is 0 Å². The number of carbonyl (C=O) groups excluding carboxylic acids is 1. The number of para-hydroxylation sites is 1. The van der Waals surface area contributed by atoms with E-state index in [2.05, 4.69) is 20.0 Å². The van der Waals surface area contributed by atoms with Crippen molar-refractivity contribution in [1.29, 1.82) is 0 Å². The van der Waals surface area contributed by atoms with E-state index in [1.165, 1.54) is 60.8 Å². The molecule has 0 atom stereocenters. The van der Waals surface area contributed by atoms with Crippen molar-refractivity contribution in [2.24, 2.45) is 0 Å². The first kappa shape index (κ1) is 27.7. The molecule has 10 nitrogen and oxygen atoms in total. The van der Waals surface area contributed by atoms with Crippen molar-refractivity contribution in [3.63, 3.8) is 0 Å². The Morgan fingerprint density at radius 2 is 1.51 bits per heavy atom. The zero-order chi connectivity index (χ0) is 28.2. The predicted octanol–water partition coefficient (Wildman–Crippen LogP) is 3.87. The maximum absolute atomic E-state index is 14.7. The van der Waals surface area contributed by atoms with E-state index < -0.39 is 38.3 Å². The largest absolute Gasteiger partial charge is 0.325 e. The fourth-order valence-corrected chi connectivity index (χ4v) is 5.90. The first-order valence-corrected chi connectivity index (χ1v) is 14.4. The van der Waals surface area contributed by atoms with Gasteiger partial charge >= 0.3 is 0 Å². The average Bonchev–Trinajstić information content (AvgIpc) is 2.88. The third-order valence-electron chi connectivity index (χ3n) is 5.49. The van der Waals surface area contributed by atoms with Crippen LogP contribution in [-0.4, -0.2) is 39.3 Å². The number of anilines is 3. The second-order valence-electron chi connectivity index (χ2n) is 8.48. The summed E-state index contributed by atoms with van der Waals surface area (Å²) < 4.78 is 69.7. The highest BCUT2D eigenvalue weighted by Crippen LogP contribution is 2.26. The highest BCUT2D eigenvalue weighted by molar-refractivity contribution is 7.93. The van der Waals surface area contributed by atoms with Crippen LogP contribution in [0.5, 0.6) is 0 Å². The minimum atomic E-state index is -4.31. The number of nitrogens with zero attached hydrogens (tertiary/aromatic N) is 3. The molecule has 39 heavy (non-hydrogen) atoms. The summed E-state index contributed by atoms with van der Waals surface area (Å²) in [6.07, 6.45) is 1.42. The van der Waals surface area contributed by atoms with Gasteiger partial charge in [0.1, 0.15) is 12.4 Å². The van der Waals surface area contributed by atoms with Crippen LogP contribution in [0.2, 0.25) is 0 Å². The monoisotopic (exact) mass is 569 g/mol. The van der Waals surface area contributed by atoms with Crippen LogP contribution in [0.1, 0.15) is 11.3 Å². The van der Waals surface area contributed by atoms with Gasteiger partial charge in [0, 0.05) is 17.6 Å². The molecule has 0 aliphatic heterocycles. The van der Waals surface area contributed by atoms with E-state index in [9.17, 15) is 26.0 Å². The van der Waals surface area contributed by atoms with Gasteiger partial charge in [-0.2, -0.15) is 0 Å². The van der Waals surface area contributed by atoms with Gasteiger partial charge in [-0.3, -0.25) is 9.10 Å². The SMILES string of the molecule is Cc1ccc(S(=O)(=O)N(CC(=O)Nc2ccc(S(=O)(=O)Nc3nccc(C)n3)cc2)c2ccccc2F)cc1. The van der Waals surface area contributed by atoms with E-state index in [4.69, 9.17) is 0 Å². The van der Waals surface area contributed by atoms with E-state index in [0.29, 0.717) is 10.00 Å². The van der Waals surface area contributed by atoms with Crippen LogP contribution in [0.15, 0.2) is 94.9 Å². The summed E-state index contributed by atoms with van der Waals surface area (Å²) in [5, 5.41) is 2.52. The molecule has 0 bridgehead atoms. The number of aryl methyl sites for hydroxylation is 2. The summed E-state index contributed by atoms with van der Waals surface area (Å²) in [6.45, 7) is 2.75. The van der Waals surface area contributed by atoms with Crippen LogP contribution in [-0.2, 0) is 24.8 Å². The summed E-state index contributed by atoms with van der Waals surface area (Å²) in [4.78, 5) is 20.6. The maximum Gasteiger partial charge on any atom is 0.264 e. The summed E-state index contributed by atoms with van der Waals surface area (Å²) >= 11 is 0. The standard InChI is InChI=1S/C26H24FN5O5S2/c1-18-7-11-22(12-8-18)39(36,37)32(24-6-4-3-5-23(24)27)17-25(33)30-20-9-13-21(14-10-20)38(34,35)31-26-28-16-15-19(2)29-26/h3-16H,17H2,1-2H3,(H,30,33)(H,28,29,31). The van der Waals surface area contributed by atoms with Gasteiger partial charge in [0.05, 0.1) is 15.5 Å². The molecule has 0 aliphatic carbocycles. The second-order valence-corrected chi connectivity index (χ2v) is 12.0. The van der Waals surface area contributed by atoms with Gasteiger partial charge in [0.25, 0.3) is 20.0 Å². The predicted molar refractivity (Wildman–Crippen MR) is 145 cm³/mol. The van der Waals surface area contributed by atoms with Crippen molar-refractivity contribution in [3.8, 4) is 0 Å². The molecule has 0 saturated heterocycles. The van der Waals surface area contributed by atoms with Gasteiger partial charge in [-0.05, 0) is 68.4 Å². The zero-order valence-corrected chi connectivity index (χ0v) is 22.5. The van der Waals surface area contributed by atoms with Crippen LogP contribution < -0.4 is 14.3 Å². The summed E-state index contributed by atoms with van der Waals surface area (Å²) in [6, 6.07) is 18.0. The van der Waals surface area contributed by atoms with E-state index in [1.54, 1.807) is 32.0 Å². The number of benzene rings is 3. The molecule has 1 amide bonds. The van der Waals surface area contributed by atoms with Crippen molar-refractivity contribution in [1.82, 2.24) is 9.97 Å². The number of hydrogen-bond acceptors (Lipinski definition) is 7. The van der Waals surface area contributed by atoms with Gasteiger partial charge in [0.2, 0.25) is 11.9 Å². The lowest BCUT2D eigenvalue weighted by molar-refractivity contribution is -0.114. The lowest BCUT2D eigenvalue weighted by Gasteiger charge is -2.24. The zero-order valence-electron chi connectivity index (χ0n) is 20.9. The number of amides is 1. The van der Waals surface area contributed by atoms with Crippen LogP contribution in [0.4, 0.5) is 21.7 Å². The number of sulfonamides is 2. The molecular formula is C26H24FN5O5S2. The lowest BCUT2D eigenvalue weighted by atomic mass is 10.2. The van der Waals surface area contributed by atoms with Crippen LogP contribution in [0.25, 0.3) is 0 Å². The van der Waals surface area contributed by atoms with Gasteiger partial charge in [-0.15, -0.1) is 0 Å². The number of rotatable bonds is 9. The third kappa shape index (κ3) is 6.56. The van der Waals surface area contributed by atoms with Crippen molar-refractivity contribution in [3.05, 3.63) is 102 Å². The van der Waals surface area contributed by atoms with Gasteiger partial charge in [0.15, 0.2) is 0 Å². The number of halogens is 1. The highest BCUT2D eigenvalue weighted by atomic mass is 32.2. The first-order chi connectivity index (χ1) is 18.5. The Bertz CT molecular complexity index is 1710. The van der Waals surface area contributed by atoms with Crippen molar-refractivity contribution in [2.75, 3.05) is 20.9 Å². The molecule has 4 aromatic rings. The molecule has 0 spiro atoms. The van der Waals surface area contributed by atoms with Gasteiger partial charge < -0.3 is 5.32 Å². The first-order valence-electron chi connectivity index (χ1n) is 11.5. The number of hydrogen-bond donors (Lipinski definition) is 2. The van der Waals surface area contributed by atoms with E-state index in [-0.39, 0.29) is 27.1 Å². The lowest BCUT2D eigenvalue weighted by Crippen LogP contribution is -2.38. The Morgan fingerprint density at radius 3 is 2.15 bits per heavy atom. The Kier molecular flexibility index (Phi) is 7.93. The fourth-order valence-electron chi connectivity index (χ4n) is 3.52. The Labute approximate surface area is 225 Å². The molecule has 0 fully saturated rings. The quantitative estimate of drug-likeness (QED) is 0.312. The molecule has 1 heterocycles. The normalized spacial score (nSPS) is 11.6. The minimum Gasteiger partial charge on any atom is -0.325 e. The summed E-state index contributed by atoms with van der Waals surface area (Å²) in [5.41, 5.74) is 1.32. The second kappa shape index (κ2) is 11.2. The molecule has 4 rings (SSSR count). The minimum absolute atomic E-state index is 0.0876. The van der Waals surface area contributed by atoms with Gasteiger partial charge in [-0.1, -0.05) is 29.8 Å². The topological polar surface area (TPSA) is 138 Å². The smallest absolute Gasteiger partial charge is 0.264 e. The van der Waals surface area contributed by atoms with Crippen molar-refractivity contribution >= 4 is 43.3 Å². The Morgan fingerprint density at radius 1 is 0.872 bits per heavy atom. The summed E-state index contributed by atoms with van der Waals surface area (Å²) in [5.74, 6) is -1.67. The van der Waals surface area contributed by atoms with Crippen LogP contribution in [0.3, 0.4) is 0 Å². The maximum atomic E-state index is 14.7. The number of carbonyl (C=O) groups is 1. The molecule has 0 unspecified atom stereocenters. The van der Waals surface area contributed by atoms with E-state index >= 15 is 0 Å². The molecule has 3 aromatic carbocycles. The molecule has 0 saturated carbocycles. The Balaban J connectivity index is 1.54. The van der Waals surface area contributed by atoms with E-state index in [0.717, 1.165) is 11.6 Å². The molecule has 13 heteroatoms. The summed E-state index contributed by atoms with van der Waals surface area (Å²) in [7, 11) is -8.31. The van der Waals surface area contributed by atoms with E-state index in [1.807, 2.05) is 0 Å². The molecule has 2 N–H and O–H groups in total. The molecule has 0 radical (unpaired) electrons. The van der Waals surface area contributed by atoms with Crippen molar-refractivity contribution < 1.29 is 26.0 Å².